The molecule has 0 saturated carbocycles. The van der Waals surface area contributed by atoms with E-state index < -0.39 is 10.1 Å². The maximum atomic E-state index is 11.3. The number of rotatable bonds is 7. The summed E-state index contributed by atoms with van der Waals surface area (Å²) < 4.78 is 34.9. The summed E-state index contributed by atoms with van der Waals surface area (Å²) in [6.45, 7) is 3.85. The Balaban J connectivity index is 0.000000307. The first kappa shape index (κ1) is 23.5. The fourth-order valence-electron chi connectivity index (χ4n) is 2.11. The Kier molecular flexibility index (Phi) is 9.50. The van der Waals surface area contributed by atoms with Crippen LogP contribution in [0, 0.1) is 13.8 Å². The second-order valence-corrected chi connectivity index (χ2v) is 7.52. The highest BCUT2D eigenvalue weighted by molar-refractivity contribution is 7.85. The smallest absolute Gasteiger partial charge is 0.306 e. The molecule has 0 aromatic heterocycles. The number of hydrogen-bond acceptors (Lipinski definition) is 6. The molecule has 7 nitrogen and oxygen atoms in total. The average Bonchev–Trinajstić information content (AvgIpc) is 2.65. The van der Waals surface area contributed by atoms with Gasteiger partial charge in [0.1, 0.15) is 12.4 Å². The molecule has 0 bridgehead atoms. The Bertz CT molecular complexity index is 891. The number of carbonyl (C=O) groups is 2. The highest BCUT2D eigenvalue weighted by Crippen LogP contribution is 2.12. The van der Waals surface area contributed by atoms with E-state index in [4.69, 9.17) is 15.0 Å². The van der Waals surface area contributed by atoms with Gasteiger partial charge in [-0.25, -0.2) is 0 Å². The van der Waals surface area contributed by atoms with Gasteiger partial charge in [-0.15, -0.1) is 0 Å². The Hall–Kier alpha value is -2.55. The van der Waals surface area contributed by atoms with Crippen LogP contribution in [0.2, 0.25) is 0 Å². The quantitative estimate of drug-likeness (QED) is 0.534. The van der Waals surface area contributed by atoms with Crippen molar-refractivity contribution in [2.45, 2.75) is 38.2 Å². The van der Waals surface area contributed by atoms with Gasteiger partial charge in [-0.1, -0.05) is 48.0 Å². The van der Waals surface area contributed by atoms with Crippen LogP contribution < -0.4 is 5.73 Å². The van der Waals surface area contributed by atoms with E-state index in [-0.39, 0.29) is 42.6 Å². The monoisotopic (exact) mass is 407 g/mol. The zero-order chi connectivity index (χ0) is 21.2. The number of Topliss-reactive ketones (excluding diaryl/α,β-unsaturated/α-hetero) is 1. The Morgan fingerprint density at radius 2 is 1.61 bits per heavy atom. The first-order chi connectivity index (χ1) is 13.1. The Morgan fingerprint density at radius 1 is 1.00 bits per heavy atom. The number of hydrogen-bond donors (Lipinski definition) is 2. The standard InChI is InChI=1S/C13H17NO3.C7H8O3S/c1-10-2-4-11(5-3-10)9-17-13(16)7-6-12(15)8-14;1-6-4-2-3-5-7(6)11(8,9)10/h2-5H,6-9,14H2,1H3;2-5H,1H3,(H,8,9,10). The van der Waals surface area contributed by atoms with Crippen LogP contribution in [0.3, 0.4) is 0 Å². The highest BCUT2D eigenvalue weighted by atomic mass is 32.2. The van der Waals surface area contributed by atoms with Crippen molar-refractivity contribution in [2.24, 2.45) is 5.73 Å². The van der Waals surface area contributed by atoms with Crippen LogP contribution in [0.25, 0.3) is 0 Å². The van der Waals surface area contributed by atoms with E-state index in [0.717, 1.165) is 11.1 Å². The molecular formula is C20H25NO6S. The van der Waals surface area contributed by atoms with E-state index >= 15 is 0 Å². The molecule has 0 aliphatic rings. The van der Waals surface area contributed by atoms with Crippen LogP contribution in [-0.4, -0.2) is 31.3 Å². The maximum Gasteiger partial charge on any atom is 0.306 e. The van der Waals surface area contributed by atoms with Crippen molar-refractivity contribution in [3.05, 3.63) is 65.2 Å². The molecule has 0 fully saturated rings. The van der Waals surface area contributed by atoms with Gasteiger partial charge in [0.15, 0.2) is 0 Å². The number of nitrogens with two attached hydrogens (primary N) is 1. The normalized spacial score (nSPS) is 10.6. The first-order valence-corrected chi connectivity index (χ1v) is 10.0. The van der Waals surface area contributed by atoms with Crippen molar-refractivity contribution in [1.29, 1.82) is 0 Å². The van der Waals surface area contributed by atoms with E-state index in [1.807, 2.05) is 31.2 Å². The van der Waals surface area contributed by atoms with Crippen molar-refractivity contribution < 1.29 is 27.3 Å². The van der Waals surface area contributed by atoms with Crippen LogP contribution in [-0.2, 0) is 31.1 Å². The van der Waals surface area contributed by atoms with Gasteiger partial charge >= 0.3 is 5.97 Å². The molecular weight excluding hydrogens is 382 g/mol. The van der Waals surface area contributed by atoms with Crippen LogP contribution in [0.5, 0.6) is 0 Å². The molecule has 28 heavy (non-hydrogen) atoms. The summed E-state index contributed by atoms with van der Waals surface area (Å²) in [6.07, 6.45) is 0.255. The number of aryl methyl sites for hydroxylation is 2. The lowest BCUT2D eigenvalue weighted by atomic mass is 10.2. The molecule has 8 heteroatoms. The van der Waals surface area contributed by atoms with Gasteiger partial charge < -0.3 is 10.5 Å². The third kappa shape index (κ3) is 8.90. The predicted molar refractivity (Wildman–Crippen MR) is 105 cm³/mol. The van der Waals surface area contributed by atoms with Crippen molar-refractivity contribution in [2.75, 3.05) is 6.54 Å². The Labute approximate surface area is 165 Å². The van der Waals surface area contributed by atoms with Gasteiger partial charge in [-0.3, -0.25) is 14.1 Å². The molecule has 2 aromatic rings. The molecule has 0 amide bonds. The van der Waals surface area contributed by atoms with Crippen molar-refractivity contribution in [3.8, 4) is 0 Å². The zero-order valence-corrected chi connectivity index (χ0v) is 16.7. The van der Waals surface area contributed by atoms with Gasteiger partial charge in [0, 0.05) is 6.42 Å². The summed E-state index contributed by atoms with van der Waals surface area (Å²) in [5.41, 5.74) is 7.79. The van der Waals surface area contributed by atoms with Gasteiger partial charge in [0.25, 0.3) is 10.1 Å². The minimum atomic E-state index is -4.03. The summed E-state index contributed by atoms with van der Waals surface area (Å²) in [4.78, 5) is 22.2. The fourth-order valence-corrected chi connectivity index (χ4v) is 2.84. The second-order valence-electron chi connectivity index (χ2n) is 6.13. The van der Waals surface area contributed by atoms with Gasteiger partial charge in [-0.2, -0.15) is 8.42 Å². The molecule has 3 N–H and O–H groups in total. The fraction of sp³-hybridized carbons (Fsp3) is 0.300. The third-order valence-electron chi connectivity index (χ3n) is 3.73. The van der Waals surface area contributed by atoms with Gasteiger partial charge in [0.05, 0.1) is 17.9 Å². The first-order valence-electron chi connectivity index (χ1n) is 8.59. The highest BCUT2D eigenvalue weighted by Gasteiger charge is 2.10. The van der Waals surface area contributed by atoms with Gasteiger partial charge in [0.2, 0.25) is 0 Å². The predicted octanol–water partition coefficient (Wildman–Crippen LogP) is 2.59. The topological polar surface area (TPSA) is 124 Å². The van der Waals surface area contributed by atoms with E-state index in [0.29, 0.717) is 5.56 Å². The molecule has 0 atom stereocenters. The zero-order valence-electron chi connectivity index (χ0n) is 15.9. The minimum Gasteiger partial charge on any atom is -0.461 e. The van der Waals surface area contributed by atoms with Crippen LogP contribution in [0.1, 0.15) is 29.5 Å². The number of ketones is 1. The molecule has 0 radical (unpaired) electrons. The summed E-state index contributed by atoms with van der Waals surface area (Å²) in [5, 5.41) is 0. The third-order valence-corrected chi connectivity index (χ3v) is 4.74. The number of esters is 1. The van der Waals surface area contributed by atoms with E-state index in [1.165, 1.54) is 6.07 Å². The van der Waals surface area contributed by atoms with Crippen molar-refractivity contribution >= 4 is 21.9 Å². The maximum absolute atomic E-state index is 11.3. The van der Waals surface area contributed by atoms with Crippen molar-refractivity contribution in [1.82, 2.24) is 0 Å². The molecule has 0 heterocycles. The molecule has 152 valence electrons. The second kappa shape index (κ2) is 11.3. The van der Waals surface area contributed by atoms with E-state index in [1.54, 1.807) is 25.1 Å². The molecule has 0 spiro atoms. The van der Waals surface area contributed by atoms with Crippen LogP contribution >= 0.6 is 0 Å². The molecule has 0 unspecified atom stereocenters. The largest absolute Gasteiger partial charge is 0.461 e. The minimum absolute atomic E-state index is 0.0226. The number of benzene rings is 2. The lowest BCUT2D eigenvalue weighted by Gasteiger charge is -2.04. The van der Waals surface area contributed by atoms with E-state index in [2.05, 4.69) is 0 Å². The van der Waals surface area contributed by atoms with Crippen LogP contribution in [0.4, 0.5) is 0 Å². The number of carbonyl (C=O) groups excluding carboxylic acids is 2. The van der Waals surface area contributed by atoms with E-state index in [9.17, 15) is 18.0 Å². The summed E-state index contributed by atoms with van der Waals surface area (Å²) >= 11 is 0. The lowest BCUT2D eigenvalue weighted by Crippen LogP contribution is -2.15. The summed E-state index contributed by atoms with van der Waals surface area (Å²) in [7, 11) is -4.03. The number of ether oxygens (including phenoxy) is 1. The molecule has 0 aliphatic heterocycles. The SMILES string of the molecule is Cc1ccc(COC(=O)CCC(=O)CN)cc1.Cc1ccccc1S(=O)(=O)O. The molecule has 2 aromatic carbocycles. The molecule has 2 rings (SSSR count). The Morgan fingerprint density at radius 3 is 2.11 bits per heavy atom. The lowest BCUT2D eigenvalue weighted by molar-refractivity contribution is -0.146. The average molecular weight is 407 g/mol. The van der Waals surface area contributed by atoms with Crippen molar-refractivity contribution in [3.63, 3.8) is 0 Å². The van der Waals surface area contributed by atoms with Gasteiger partial charge in [-0.05, 0) is 31.0 Å². The molecule has 0 saturated heterocycles. The molecule has 0 aliphatic carbocycles. The van der Waals surface area contributed by atoms with Crippen LogP contribution in [0.15, 0.2) is 53.4 Å². The summed E-state index contributed by atoms with van der Waals surface area (Å²) in [6, 6.07) is 14.0. The summed E-state index contributed by atoms with van der Waals surface area (Å²) in [5.74, 6) is -0.496.